The van der Waals surface area contributed by atoms with Crippen LogP contribution in [0.5, 0.6) is 0 Å². The average molecular weight is 380 g/mol. The topological polar surface area (TPSA) is 103 Å². The number of tetrazole rings is 1. The van der Waals surface area contributed by atoms with E-state index in [4.69, 9.17) is 9.47 Å². The summed E-state index contributed by atoms with van der Waals surface area (Å²) in [4.78, 5) is 28.4. The number of morpholine rings is 1. The average Bonchev–Trinajstić information content (AvgIpc) is 3.15. The van der Waals surface area contributed by atoms with Crippen molar-refractivity contribution in [3.8, 4) is 0 Å². The molecule has 0 spiro atoms. The Bertz CT molecular complexity index is 631. The zero-order valence-electron chi connectivity index (χ0n) is 15.9. The molecule has 0 radical (unpaired) electrons. The first-order valence-corrected chi connectivity index (χ1v) is 9.61. The van der Waals surface area contributed by atoms with E-state index in [-0.39, 0.29) is 11.9 Å². The van der Waals surface area contributed by atoms with E-state index >= 15 is 0 Å². The van der Waals surface area contributed by atoms with Crippen molar-refractivity contribution in [3.63, 3.8) is 0 Å². The molecule has 0 aromatic carbocycles. The van der Waals surface area contributed by atoms with Crippen molar-refractivity contribution in [2.24, 2.45) is 0 Å². The highest BCUT2D eigenvalue weighted by atomic mass is 16.5. The number of amides is 1. The van der Waals surface area contributed by atoms with Gasteiger partial charge in [-0.1, -0.05) is 0 Å². The monoisotopic (exact) mass is 380 g/mol. The predicted molar refractivity (Wildman–Crippen MR) is 94.5 cm³/mol. The summed E-state index contributed by atoms with van der Waals surface area (Å²) in [6.45, 7) is 5.08. The van der Waals surface area contributed by atoms with Gasteiger partial charge in [0.15, 0.2) is 5.82 Å². The number of aryl methyl sites for hydroxylation is 1. The van der Waals surface area contributed by atoms with Gasteiger partial charge in [-0.15, -0.1) is 5.10 Å². The van der Waals surface area contributed by atoms with Crippen molar-refractivity contribution in [2.75, 3.05) is 40.0 Å². The largest absolute Gasteiger partial charge is 0.467 e. The van der Waals surface area contributed by atoms with E-state index in [0.717, 1.165) is 45.0 Å². The van der Waals surface area contributed by atoms with Crippen LogP contribution in [0.4, 0.5) is 0 Å². The number of carbonyl (C=O) groups excluding carboxylic acids is 2. The SMILES string of the molecule is COC(=O)C1CCCCN1C(=O)CCCn1nnnc1CN1CCOCC1. The number of aromatic nitrogens is 4. The zero-order valence-corrected chi connectivity index (χ0v) is 15.9. The van der Waals surface area contributed by atoms with Crippen LogP contribution in [-0.2, 0) is 32.2 Å². The number of methoxy groups -OCH3 is 1. The van der Waals surface area contributed by atoms with Crippen molar-refractivity contribution in [1.29, 1.82) is 0 Å². The summed E-state index contributed by atoms with van der Waals surface area (Å²) in [6, 6.07) is -0.443. The van der Waals surface area contributed by atoms with Crippen molar-refractivity contribution in [3.05, 3.63) is 5.82 Å². The van der Waals surface area contributed by atoms with Gasteiger partial charge < -0.3 is 14.4 Å². The number of ether oxygens (including phenoxy) is 2. The number of likely N-dealkylation sites (tertiary alicyclic amines) is 1. The van der Waals surface area contributed by atoms with Crippen LogP contribution in [0.3, 0.4) is 0 Å². The molecule has 150 valence electrons. The van der Waals surface area contributed by atoms with Crippen LogP contribution in [0.1, 0.15) is 37.9 Å². The lowest BCUT2D eigenvalue weighted by Crippen LogP contribution is -2.48. The Morgan fingerprint density at radius 3 is 2.81 bits per heavy atom. The van der Waals surface area contributed by atoms with Crippen LogP contribution in [0.2, 0.25) is 0 Å². The Kier molecular flexibility index (Phi) is 7.11. The Labute approximate surface area is 158 Å². The molecule has 10 heteroatoms. The lowest BCUT2D eigenvalue weighted by molar-refractivity contribution is -0.154. The summed E-state index contributed by atoms with van der Waals surface area (Å²) < 4.78 is 12.0. The lowest BCUT2D eigenvalue weighted by atomic mass is 10.0. The maximum absolute atomic E-state index is 12.6. The van der Waals surface area contributed by atoms with Crippen molar-refractivity contribution < 1.29 is 19.1 Å². The molecule has 0 aliphatic carbocycles. The fraction of sp³-hybridized carbons (Fsp3) is 0.824. The van der Waals surface area contributed by atoms with E-state index in [1.54, 1.807) is 9.58 Å². The van der Waals surface area contributed by atoms with Crippen LogP contribution in [0, 0.1) is 0 Å². The van der Waals surface area contributed by atoms with Gasteiger partial charge in [0, 0.05) is 32.6 Å². The normalized spacial score (nSPS) is 21.2. The first kappa shape index (κ1) is 19.7. The minimum Gasteiger partial charge on any atom is -0.467 e. The number of hydrogen-bond acceptors (Lipinski definition) is 8. The first-order valence-electron chi connectivity index (χ1n) is 9.61. The Balaban J connectivity index is 1.48. The molecule has 1 aromatic heterocycles. The maximum Gasteiger partial charge on any atom is 0.328 e. The molecule has 2 aliphatic rings. The molecule has 10 nitrogen and oxygen atoms in total. The second kappa shape index (κ2) is 9.75. The van der Waals surface area contributed by atoms with Gasteiger partial charge in [0.2, 0.25) is 5.91 Å². The molecule has 1 amide bonds. The van der Waals surface area contributed by atoms with Crippen LogP contribution >= 0.6 is 0 Å². The molecule has 27 heavy (non-hydrogen) atoms. The lowest BCUT2D eigenvalue weighted by Gasteiger charge is -2.33. The molecule has 2 aliphatic heterocycles. The van der Waals surface area contributed by atoms with E-state index in [1.165, 1.54) is 7.11 Å². The minimum atomic E-state index is -0.443. The predicted octanol–water partition coefficient (Wildman–Crippen LogP) is -0.160. The molecular weight excluding hydrogens is 352 g/mol. The molecule has 3 rings (SSSR count). The van der Waals surface area contributed by atoms with Crippen LogP contribution in [0.25, 0.3) is 0 Å². The molecule has 2 saturated heterocycles. The molecule has 3 heterocycles. The van der Waals surface area contributed by atoms with Crippen LogP contribution in [-0.4, -0.2) is 87.9 Å². The molecule has 0 saturated carbocycles. The number of nitrogens with zero attached hydrogens (tertiary/aromatic N) is 6. The zero-order chi connectivity index (χ0) is 19.1. The summed E-state index contributed by atoms with van der Waals surface area (Å²) in [6.07, 6.45) is 3.54. The second-order valence-corrected chi connectivity index (χ2v) is 6.93. The van der Waals surface area contributed by atoms with Gasteiger partial charge >= 0.3 is 5.97 Å². The Hall–Kier alpha value is -2.07. The Morgan fingerprint density at radius 2 is 2.04 bits per heavy atom. The molecule has 1 aromatic rings. The van der Waals surface area contributed by atoms with Crippen molar-refractivity contribution in [2.45, 2.75) is 51.2 Å². The van der Waals surface area contributed by atoms with Gasteiger partial charge in [0.25, 0.3) is 0 Å². The summed E-state index contributed by atoms with van der Waals surface area (Å²) in [7, 11) is 1.37. The number of piperidine rings is 1. The highest BCUT2D eigenvalue weighted by molar-refractivity contribution is 5.84. The van der Waals surface area contributed by atoms with Crippen molar-refractivity contribution in [1.82, 2.24) is 30.0 Å². The molecule has 1 unspecified atom stereocenters. The number of carbonyl (C=O) groups is 2. The fourth-order valence-corrected chi connectivity index (χ4v) is 3.60. The van der Waals surface area contributed by atoms with E-state index in [9.17, 15) is 9.59 Å². The second-order valence-electron chi connectivity index (χ2n) is 6.93. The van der Waals surface area contributed by atoms with Gasteiger partial charge in [-0.3, -0.25) is 9.69 Å². The van der Waals surface area contributed by atoms with Gasteiger partial charge in [0.1, 0.15) is 6.04 Å². The minimum absolute atomic E-state index is 0.00657. The van der Waals surface area contributed by atoms with E-state index in [2.05, 4.69) is 20.4 Å². The van der Waals surface area contributed by atoms with Gasteiger partial charge in [-0.05, 0) is 36.1 Å². The Morgan fingerprint density at radius 1 is 1.22 bits per heavy atom. The number of hydrogen-bond donors (Lipinski definition) is 0. The molecule has 2 fully saturated rings. The maximum atomic E-state index is 12.6. The fourth-order valence-electron chi connectivity index (χ4n) is 3.60. The third-order valence-electron chi connectivity index (χ3n) is 5.13. The van der Waals surface area contributed by atoms with Crippen molar-refractivity contribution >= 4 is 11.9 Å². The third-order valence-corrected chi connectivity index (χ3v) is 5.13. The summed E-state index contributed by atoms with van der Waals surface area (Å²) in [5, 5.41) is 11.9. The smallest absolute Gasteiger partial charge is 0.328 e. The van der Waals surface area contributed by atoms with Gasteiger partial charge in [-0.25, -0.2) is 9.48 Å². The van der Waals surface area contributed by atoms with Crippen LogP contribution < -0.4 is 0 Å². The van der Waals surface area contributed by atoms with E-state index in [0.29, 0.717) is 38.9 Å². The summed E-state index contributed by atoms with van der Waals surface area (Å²) in [5.41, 5.74) is 0. The summed E-state index contributed by atoms with van der Waals surface area (Å²) in [5.74, 6) is 0.471. The molecule has 0 bridgehead atoms. The molecule has 1 atom stereocenters. The van der Waals surface area contributed by atoms with E-state index in [1.807, 2.05) is 0 Å². The molecule has 0 N–H and O–H groups in total. The number of rotatable bonds is 7. The van der Waals surface area contributed by atoms with E-state index < -0.39 is 6.04 Å². The van der Waals surface area contributed by atoms with Crippen LogP contribution in [0.15, 0.2) is 0 Å². The molecular formula is C17H28N6O4. The first-order chi connectivity index (χ1) is 13.2. The highest BCUT2D eigenvalue weighted by Crippen LogP contribution is 2.19. The van der Waals surface area contributed by atoms with Gasteiger partial charge in [0.05, 0.1) is 26.9 Å². The highest BCUT2D eigenvalue weighted by Gasteiger charge is 2.32. The summed E-state index contributed by atoms with van der Waals surface area (Å²) >= 11 is 0. The number of esters is 1. The standard InChI is InChI=1S/C17H28N6O4/c1-26-17(25)14-5-2-3-7-22(14)16(24)6-4-8-23-15(18-19-20-23)13-21-9-11-27-12-10-21/h14H,2-13H2,1H3. The quantitative estimate of drug-likeness (QED) is 0.601. The van der Waals surface area contributed by atoms with Gasteiger partial charge in [-0.2, -0.15) is 0 Å². The third kappa shape index (κ3) is 5.23.